The molecular weight excluding hydrogens is 238 g/mol. The standard InChI is InChI=1S/C11H9N3O2S/c15-17(16)13-9-5-1-2-6-10(9)14(17)11-7-3-4-8-12-11/h1-8,13H. The van der Waals surface area contributed by atoms with Crippen LogP contribution in [0.25, 0.3) is 0 Å². The Balaban J connectivity index is 2.22. The first-order valence-electron chi connectivity index (χ1n) is 5.02. The van der Waals surface area contributed by atoms with Gasteiger partial charge in [0.1, 0.15) is 5.82 Å². The molecule has 0 unspecified atom stereocenters. The van der Waals surface area contributed by atoms with Gasteiger partial charge in [0.2, 0.25) is 0 Å². The fourth-order valence-electron chi connectivity index (χ4n) is 1.77. The predicted molar refractivity (Wildman–Crippen MR) is 65.4 cm³/mol. The van der Waals surface area contributed by atoms with E-state index in [9.17, 15) is 8.42 Å². The molecule has 3 rings (SSSR count). The van der Waals surface area contributed by atoms with E-state index in [1.807, 2.05) is 0 Å². The van der Waals surface area contributed by atoms with E-state index in [0.717, 1.165) is 0 Å². The molecule has 1 aromatic heterocycles. The normalized spacial score (nSPS) is 16.4. The number of benzene rings is 1. The van der Waals surface area contributed by atoms with Crippen molar-refractivity contribution in [3.63, 3.8) is 0 Å². The minimum absolute atomic E-state index is 0.380. The monoisotopic (exact) mass is 247 g/mol. The Morgan fingerprint density at radius 2 is 1.82 bits per heavy atom. The predicted octanol–water partition coefficient (Wildman–Crippen LogP) is 1.89. The molecule has 17 heavy (non-hydrogen) atoms. The molecule has 0 fully saturated rings. The van der Waals surface area contributed by atoms with Crippen LogP contribution in [0.4, 0.5) is 17.2 Å². The average molecular weight is 247 g/mol. The van der Waals surface area contributed by atoms with E-state index in [2.05, 4.69) is 9.71 Å². The molecule has 6 heteroatoms. The lowest BCUT2D eigenvalue weighted by Crippen LogP contribution is -2.25. The summed E-state index contributed by atoms with van der Waals surface area (Å²) >= 11 is 0. The lowest BCUT2D eigenvalue weighted by atomic mass is 10.2. The number of anilines is 3. The van der Waals surface area contributed by atoms with E-state index >= 15 is 0 Å². The maximum Gasteiger partial charge on any atom is 0.329 e. The van der Waals surface area contributed by atoms with E-state index in [0.29, 0.717) is 17.2 Å². The molecule has 86 valence electrons. The van der Waals surface area contributed by atoms with Crippen molar-refractivity contribution in [1.82, 2.24) is 4.98 Å². The van der Waals surface area contributed by atoms with Crippen LogP contribution in [-0.2, 0) is 10.2 Å². The molecule has 0 atom stereocenters. The van der Waals surface area contributed by atoms with Crippen molar-refractivity contribution in [3.05, 3.63) is 48.7 Å². The number of pyridine rings is 1. The molecule has 5 nitrogen and oxygen atoms in total. The molecule has 2 heterocycles. The highest BCUT2D eigenvalue weighted by Gasteiger charge is 2.34. The van der Waals surface area contributed by atoms with Crippen molar-refractivity contribution in [2.45, 2.75) is 0 Å². The summed E-state index contributed by atoms with van der Waals surface area (Å²) in [5.41, 5.74) is 1.16. The van der Waals surface area contributed by atoms with Crippen LogP contribution in [0.5, 0.6) is 0 Å². The van der Waals surface area contributed by atoms with Gasteiger partial charge in [-0.15, -0.1) is 0 Å². The molecule has 2 aromatic rings. The lowest BCUT2D eigenvalue weighted by Gasteiger charge is -2.14. The summed E-state index contributed by atoms with van der Waals surface area (Å²) in [6, 6.07) is 12.2. The molecule has 0 spiro atoms. The highest BCUT2D eigenvalue weighted by atomic mass is 32.2. The summed E-state index contributed by atoms with van der Waals surface area (Å²) in [4.78, 5) is 4.06. The molecule has 1 N–H and O–H groups in total. The second-order valence-electron chi connectivity index (χ2n) is 3.58. The highest BCUT2D eigenvalue weighted by molar-refractivity contribution is 7.94. The maximum atomic E-state index is 12.0. The minimum atomic E-state index is -3.58. The zero-order valence-electron chi connectivity index (χ0n) is 8.74. The van der Waals surface area contributed by atoms with Crippen LogP contribution in [0.3, 0.4) is 0 Å². The van der Waals surface area contributed by atoms with Crippen LogP contribution in [0, 0.1) is 0 Å². The fourth-order valence-corrected chi connectivity index (χ4v) is 3.09. The molecule has 0 saturated carbocycles. The lowest BCUT2D eigenvalue weighted by molar-refractivity contribution is 0.602. The molecule has 0 amide bonds. The molecular formula is C11H9N3O2S. The first kappa shape index (κ1) is 10.1. The van der Waals surface area contributed by atoms with Crippen molar-refractivity contribution >= 4 is 27.4 Å². The van der Waals surface area contributed by atoms with Gasteiger partial charge in [-0.2, -0.15) is 8.42 Å². The zero-order chi connectivity index (χ0) is 11.9. The number of aromatic nitrogens is 1. The summed E-state index contributed by atoms with van der Waals surface area (Å²) in [5.74, 6) is 0.380. The van der Waals surface area contributed by atoms with Gasteiger partial charge in [-0.05, 0) is 24.3 Å². The van der Waals surface area contributed by atoms with Crippen molar-refractivity contribution < 1.29 is 8.42 Å². The van der Waals surface area contributed by atoms with Gasteiger partial charge < -0.3 is 0 Å². The quantitative estimate of drug-likeness (QED) is 0.837. The minimum Gasteiger partial charge on any atom is -0.264 e. The molecule has 0 radical (unpaired) electrons. The van der Waals surface area contributed by atoms with Gasteiger partial charge in [-0.25, -0.2) is 9.29 Å². The zero-order valence-corrected chi connectivity index (χ0v) is 9.55. The van der Waals surface area contributed by atoms with Gasteiger partial charge in [-0.1, -0.05) is 18.2 Å². The van der Waals surface area contributed by atoms with Crippen LogP contribution in [0.2, 0.25) is 0 Å². The van der Waals surface area contributed by atoms with E-state index in [4.69, 9.17) is 0 Å². The third-order valence-electron chi connectivity index (χ3n) is 2.46. The van der Waals surface area contributed by atoms with Gasteiger partial charge in [-0.3, -0.25) is 4.72 Å². The number of rotatable bonds is 1. The van der Waals surface area contributed by atoms with E-state index in [1.165, 1.54) is 4.31 Å². The maximum absolute atomic E-state index is 12.0. The Bertz CT molecular complexity index is 655. The van der Waals surface area contributed by atoms with E-state index in [1.54, 1.807) is 48.7 Å². The molecule has 0 aliphatic carbocycles. The van der Waals surface area contributed by atoms with Crippen LogP contribution < -0.4 is 9.03 Å². The second-order valence-corrected chi connectivity index (χ2v) is 5.10. The topological polar surface area (TPSA) is 62.3 Å². The summed E-state index contributed by atoms with van der Waals surface area (Å²) in [6.07, 6.45) is 1.56. The highest BCUT2D eigenvalue weighted by Crippen LogP contribution is 2.39. The van der Waals surface area contributed by atoms with Crippen LogP contribution in [0.15, 0.2) is 48.7 Å². The van der Waals surface area contributed by atoms with E-state index in [-0.39, 0.29) is 0 Å². The Kier molecular flexibility index (Phi) is 2.05. The third kappa shape index (κ3) is 1.53. The number of hydrogen-bond donors (Lipinski definition) is 1. The largest absolute Gasteiger partial charge is 0.329 e. The Labute approximate surface area is 98.9 Å². The first-order valence-corrected chi connectivity index (χ1v) is 6.46. The second kappa shape index (κ2) is 3.46. The van der Waals surface area contributed by atoms with Crippen molar-refractivity contribution in [1.29, 1.82) is 0 Å². The summed E-state index contributed by atoms with van der Waals surface area (Å²) in [5, 5.41) is 0. The Hall–Kier alpha value is -2.08. The number of nitrogens with zero attached hydrogens (tertiary/aromatic N) is 2. The van der Waals surface area contributed by atoms with Crippen molar-refractivity contribution in [2.24, 2.45) is 0 Å². The van der Waals surface area contributed by atoms with Crippen LogP contribution in [0.1, 0.15) is 0 Å². The molecule has 1 aliphatic rings. The molecule has 0 bridgehead atoms. The van der Waals surface area contributed by atoms with Gasteiger partial charge in [0, 0.05) is 6.20 Å². The summed E-state index contributed by atoms with van der Waals surface area (Å²) in [6.45, 7) is 0. The third-order valence-corrected chi connectivity index (χ3v) is 3.80. The van der Waals surface area contributed by atoms with Crippen LogP contribution >= 0.6 is 0 Å². The smallest absolute Gasteiger partial charge is 0.264 e. The molecule has 1 aliphatic heterocycles. The summed E-state index contributed by atoms with van der Waals surface area (Å²) in [7, 11) is -3.58. The van der Waals surface area contributed by atoms with Crippen LogP contribution in [-0.4, -0.2) is 13.4 Å². The van der Waals surface area contributed by atoms with Gasteiger partial charge in [0.15, 0.2) is 0 Å². The van der Waals surface area contributed by atoms with Crippen molar-refractivity contribution in [3.8, 4) is 0 Å². The van der Waals surface area contributed by atoms with Crippen molar-refractivity contribution in [2.75, 3.05) is 9.03 Å². The van der Waals surface area contributed by atoms with E-state index < -0.39 is 10.2 Å². The van der Waals surface area contributed by atoms with Gasteiger partial charge >= 0.3 is 10.2 Å². The first-order chi connectivity index (χ1) is 8.18. The number of hydrogen-bond acceptors (Lipinski definition) is 3. The average Bonchev–Trinajstić information content (AvgIpc) is 2.60. The number of fused-ring (bicyclic) bond motifs is 1. The fraction of sp³-hybridized carbons (Fsp3) is 0. The summed E-state index contributed by atoms with van der Waals surface area (Å²) < 4.78 is 27.7. The number of para-hydroxylation sites is 2. The molecule has 0 saturated heterocycles. The molecule has 1 aromatic carbocycles. The Morgan fingerprint density at radius 1 is 1.06 bits per heavy atom. The Morgan fingerprint density at radius 3 is 2.59 bits per heavy atom. The van der Waals surface area contributed by atoms with Gasteiger partial charge in [0.05, 0.1) is 11.4 Å². The number of nitrogens with one attached hydrogen (secondary N) is 1. The SMILES string of the molecule is O=S1(=O)Nc2ccccc2N1c1ccccn1. The van der Waals surface area contributed by atoms with Gasteiger partial charge in [0.25, 0.3) is 0 Å².